The van der Waals surface area contributed by atoms with E-state index in [1.807, 2.05) is 0 Å². The lowest BCUT2D eigenvalue weighted by Gasteiger charge is -1.89. The van der Waals surface area contributed by atoms with Crippen LogP contribution in [-0.4, -0.2) is 9.97 Å². The molecule has 1 rings (SSSR count). The molecule has 1 radical (unpaired) electrons. The molecule has 5 heteroatoms. The number of nitrogens with one attached hydrogen (secondary N) is 1. The molecule has 0 unspecified atom stereocenters. The fourth-order valence-corrected chi connectivity index (χ4v) is 0.477. The molecule has 0 aliphatic rings. The van der Waals surface area contributed by atoms with E-state index in [-0.39, 0.29) is 10.8 Å². The van der Waals surface area contributed by atoms with Gasteiger partial charge in [-0.15, -0.1) is 0 Å². The number of aromatic amines is 1. The average Bonchev–Trinajstić information content (AvgIpc) is 1.83. The molecule has 1 aromatic heterocycles. The number of hydrogen-bond donors (Lipinski definition) is 2. The van der Waals surface area contributed by atoms with Crippen LogP contribution in [0.4, 0.5) is 5.69 Å². The van der Waals surface area contributed by atoms with Gasteiger partial charge in [-0.25, -0.2) is 4.98 Å². The third-order valence-corrected chi connectivity index (χ3v) is 1.08. The second kappa shape index (κ2) is 2.06. The van der Waals surface area contributed by atoms with Crippen LogP contribution in [0.1, 0.15) is 0 Å². The minimum Gasteiger partial charge on any atom is -0.392 e. The number of nitrogen functional groups attached to an aromatic ring is 1. The number of hydrogen-bond acceptors (Lipinski definition) is 3. The van der Waals surface area contributed by atoms with E-state index in [0.717, 1.165) is 0 Å². The Balaban J connectivity index is 3.43. The Hall–Kier alpha value is -1.03. The summed E-state index contributed by atoms with van der Waals surface area (Å²) in [6, 6.07) is 0. The van der Waals surface area contributed by atoms with Crippen molar-refractivity contribution in [1.29, 1.82) is 0 Å². The van der Waals surface area contributed by atoms with Gasteiger partial charge in [0.2, 0.25) is 0 Å². The number of halogens is 1. The van der Waals surface area contributed by atoms with E-state index in [2.05, 4.69) is 16.3 Å². The largest absolute Gasteiger partial charge is 0.392 e. The van der Waals surface area contributed by atoms with Gasteiger partial charge < -0.3 is 10.7 Å². The molecule has 9 heavy (non-hydrogen) atoms. The molecule has 0 aromatic carbocycles. The molecule has 0 fully saturated rings. The van der Waals surface area contributed by atoms with Gasteiger partial charge in [0.05, 0.1) is 0 Å². The van der Waals surface area contributed by atoms with E-state index >= 15 is 0 Å². The maximum absolute atomic E-state index is 10.5. The van der Waals surface area contributed by atoms with Crippen molar-refractivity contribution in [1.82, 2.24) is 9.97 Å². The number of nitrogens with zero attached hydrogens (tertiary/aromatic N) is 1. The lowest BCUT2D eigenvalue weighted by Crippen LogP contribution is -2.12. The molecule has 0 saturated carbocycles. The Kier molecular flexibility index (Phi) is 1.40. The van der Waals surface area contributed by atoms with Crippen LogP contribution < -0.4 is 11.3 Å². The Morgan fingerprint density at radius 1 is 1.78 bits per heavy atom. The first kappa shape index (κ1) is 6.10. The van der Waals surface area contributed by atoms with Crippen molar-refractivity contribution in [2.75, 3.05) is 5.73 Å². The number of H-pyrrole nitrogens is 1. The zero-order chi connectivity index (χ0) is 6.85. The third kappa shape index (κ3) is 1.02. The maximum atomic E-state index is 10.5. The molecular formula is C4H3ClN3O. The first-order valence-electron chi connectivity index (χ1n) is 2.13. The van der Waals surface area contributed by atoms with Gasteiger partial charge in [-0.05, 0) is 0 Å². The van der Waals surface area contributed by atoms with Crippen LogP contribution in [0.2, 0.25) is 5.15 Å². The van der Waals surface area contributed by atoms with Crippen LogP contribution in [0.15, 0.2) is 4.79 Å². The summed E-state index contributed by atoms with van der Waals surface area (Å²) in [4.78, 5) is 16.0. The molecule has 47 valence electrons. The fraction of sp³-hybridized carbons (Fsp3) is 0. The summed E-state index contributed by atoms with van der Waals surface area (Å²) >= 11 is 5.33. The molecule has 4 nitrogen and oxygen atoms in total. The summed E-state index contributed by atoms with van der Waals surface area (Å²) in [5, 5.41) is -0.0150. The zero-order valence-electron chi connectivity index (χ0n) is 4.31. The second-order valence-corrected chi connectivity index (χ2v) is 1.74. The molecule has 3 N–H and O–H groups in total. The average molecular weight is 145 g/mol. The molecule has 1 aromatic rings. The quantitative estimate of drug-likeness (QED) is 0.496. The van der Waals surface area contributed by atoms with E-state index in [0.29, 0.717) is 0 Å². The van der Waals surface area contributed by atoms with Crippen molar-refractivity contribution >= 4 is 17.3 Å². The summed E-state index contributed by atoms with van der Waals surface area (Å²) in [6.45, 7) is 0. The summed E-state index contributed by atoms with van der Waals surface area (Å²) in [7, 11) is 0. The van der Waals surface area contributed by atoms with Crippen LogP contribution in [0, 0.1) is 6.33 Å². The molecular weight excluding hydrogens is 142 g/mol. The highest BCUT2D eigenvalue weighted by Crippen LogP contribution is 2.05. The minimum atomic E-state index is -0.463. The predicted octanol–water partition coefficient (Wildman–Crippen LogP) is -0.194. The van der Waals surface area contributed by atoms with E-state index in [1.54, 1.807) is 0 Å². The van der Waals surface area contributed by atoms with Gasteiger partial charge in [0.15, 0.2) is 11.5 Å². The van der Waals surface area contributed by atoms with Gasteiger partial charge in [-0.3, -0.25) is 4.79 Å². The van der Waals surface area contributed by atoms with Crippen LogP contribution in [0.5, 0.6) is 0 Å². The van der Waals surface area contributed by atoms with Crippen molar-refractivity contribution in [3.8, 4) is 0 Å². The standard InChI is InChI=1S/C4H3ClN3O/c5-3-2(6)4(9)8-1-7-3/h6H2,(H,7,8,9). The van der Waals surface area contributed by atoms with Crippen molar-refractivity contribution in [2.45, 2.75) is 0 Å². The van der Waals surface area contributed by atoms with Crippen LogP contribution >= 0.6 is 11.6 Å². The van der Waals surface area contributed by atoms with Gasteiger partial charge in [0.25, 0.3) is 5.56 Å². The lowest BCUT2D eigenvalue weighted by atomic mass is 10.5. The Morgan fingerprint density at radius 3 is 2.89 bits per heavy atom. The number of nitrogens with two attached hydrogens (primary N) is 1. The van der Waals surface area contributed by atoms with Gasteiger partial charge in [0.1, 0.15) is 5.69 Å². The van der Waals surface area contributed by atoms with Crippen molar-refractivity contribution in [2.24, 2.45) is 0 Å². The number of aromatic nitrogens is 2. The molecule has 0 aliphatic heterocycles. The second-order valence-electron chi connectivity index (χ2n) is 1.38. The summed E-state index contributed by atoms with van der Waals surface area (Å²) in [5.41, 5.74) is 4.59. The Labute approximate surface area is 55.7 Å². The maximum Gasteiger partial charge on any atom is 0.275 e. The van der Waals surface area contributed by atoms with E-state index in [1.165, 1.54) is 0 Å². The molecule has 0 atom stereocenters. The highest BCUT2D eigenvalue weighted by atomic mass is 35.5. The molecule has 0 amide bonds. The normalized spacial score (nSPS) is 9.44. The first-order valence-corrected chi connectivity index (χ1v) is 2.51. The molecule has 0 saturated heterocycles. The highest BCUT2D eigenvalue weighted by Gasteiger charge is 1.98. The number of rotatable bonds is 0. The molecule has 1 heterocycles. The third-order valence-electron chi connectivity index (χ3n) is 0.790. The molecule has 0 aliphatic carbocycles. The van der Waals surface area contributed by atoms with Gasteiger partial charge in [0, 0.05) is 0 Å². The topological polar surface area (TPSA) is 71.8 Å². The molecule has 0 spiro atoms. The summed E-state index contributed by atoms with van der Waals surface area (Å²) in [5.74, 6) is 0. The van der Waals surface area contributed by atoms with E-state index in [9.17, 15) is 4.79 Å². The van der Waals surface area contributed by atoms with Crippen molar-refractivity contribution in [3.05, 3.63) is 21.8 Å². The smallest absolute Gasteiger partial charge is 0.275 e. The van der Waals surface area contributed by atoms with E-state index in [4.69, 9.17) is 17.3 Å². The van der Waals surface area contributed by atoms with Crippen LogP contribution in [0.3, 0.4) is 0 Å². The SMILES string of the molecule is Nc1c(Cl)n[c][nH]c1=O. The number of anilines is 1. The fourth-order valence-electron chi connectivity index (χ4n) is 0.349. The van der Waals surface area contributed by atoms with Gasteiger partial charge >= 0.3 is 0 Å². The monoisotopic (exact) mass is 144 g/mol. The van der Waals surface area contributed by atoms with Crippen LogP contribution in [0.25, 0.3) is 0 Å². The highest BCUT2D eigenvalue weighted by molar-refractivity contribution is 6.31. The zero-order valence-corrected chi connectivity index (χ0v) is 5.07. The minimum absolute atomic E-state index is 0.0150. The Bertz CT molecular complexity index is 269. The summed E-state index contributed by atoms with van der Waals surface area (Å²) < 4.78 is 0. The first-order chi connectivity index (χ1) is 4.22. The van der Waals surface area contributed by atoms with Crippen molar-refractivity contribution < 1.29 is 0 Å². The van der Waals surface area contributed by atoms with Gasteiger partial charge in [-0.2, -0.15) is 0 Å². The van der Waals surface area contributed by atoms with E-state index < -0.39 is 5.56 Å². The van der Waals surface area contributed by atoms with Crippen LogP contribution in [-0.2, 0) is 0 Å². The predicted molar refractivity (Wildman–Crippen MR) is 33.1 cm³/mol. The Morgan fingerprint density at radius 2 is 2.44 bits per heavy atom. The summed E-state index contributed by atoms with van der Waals surface area (Å²) in [6.07, 6.45) is 2.17. The molecule has 0 bridgehead atoms. The lowest BCUT2D eigenvalue weighted by molar-refractivity contribution is 1.11. The van der Waals surface area contributed by atoms with Gasteiger partial charge in [-0.1, -0.05) is 11.6 Å². The van der Waals surface area contributed by atoms with Crippen molar-refractivity contribution in [3.63, 3.8) is 0 Å².